The molecule has 0 bridgehead atoms. The summed E-state index contributed by atoms with van der Waals surface area (Å²) in [6.45, 7) is 3.20. The molecule has 2 heteroatoms. The minimum atomic E-state index is 0.911. The SMILES string of the molecule is CCCCCCCCCCCCc1c(-c2ccccn2)ccc[n+]1Cc1ccccc1. The van der Waals surface area contributed by atoms with Crippen molar-refractivity contribution in [2.24, 2.45) is 0 Å². The van der Waals surface area contributed by atoms with Crippen LogP contribution in [0.3, 0.4) is 0 Å². The van der Waals surface area contributed by atoms with E-state index in [1.54, 1.807) is 0 Å². The molecule has 0 unspecified atom stereocenters. The van der Waals surface area contributed by atoms with Gasteiger partial charge in [0.2, 0.25) is 0 Å². The standard InChI is InChI=1S/C29H39N2/c1-2-3-4-5-6-7-8-9-10-14-22-29-27(28-21-15-16-23-30-28)20-17-24-31(29)25-26-18-12-11-13-19-26/h11-13,15-21,23-24H,2-10,14,22,25H2,1H3/q+1. The van der Waals surface area contributed by atoms with E-state index in [1.165, 1.54) is 81.0 Å². The Labute approximate surface area is 189 Å². The number of pyridine rings is 2. The summed E-state index contributed by atoms with van der Waals surface area (Å²) in [7, 11) is 0. The molecular formula is C29H39N2+. The zero-order valence-corrected chi connectivity index (χ0v) is 19.3. The highest BCUT2D eigenvalue weighted by Gasteiger charge is 2.18. The van der Waals surface area contributed by atoms with Crippen LogP contribution in [0.15, 0.2) is 73.1 Å². The molecule has 0 aliphatic rings. The Balaban J connectivity index is 1.59. The van der Waals surface area contributed by atoms with Crippen LogP contribution in [0.1, 0.15) is 82.4 Å². The van der Waals surface area contributed by atoms with Gasteiger partial charge in [-0.25, -0.2) is 0 Å². The molecule has 3 aromatic rings. The number of nitrogens with zero attached hydrogens (tertiary/aromatic N) is 2. The second kappa shape index (κ2) is 13.7. The van der Waals surface area contributed by atoms with Gasteiger partial charge >= 0.3 is 0 Å². The third-order valence-electron chi connectivity index (χ3n) is 6.09. The topological polar surface area (TPSA) is 16.8 Å². The number of aromatic nitrogens is 2. The van der Waals surface area contributed by atoms with Gasteiger partial charge in [0.05, 0.1) is 11.3 Å². The molecule has 0 saturated heterocycles. The summed E-state index contributed by atoms with van der Waals surface area (Å²) in [4.78, 5) is 4.64. The molecule has 164 valence electrons. The molecule has 3 rings (SSSR count). The minimum Gasteiger partial charge on any atom is -0.256 e. The van der Waals surface area contributed by atoms with Gasteiger partial charge in [0.1, 0.15) is 0 Å². The van der Waals surface area contributed by atoms with E-state index in [9.17, 15) is 0 Å². The molecule has 0 aliphatic heterocycles. The van der Waals surface area contributed by atoms with E-state index in [-0.39, 0.29) is 0 Å². The van der Waals surface area contributed by atoms with Crippen molar-refractivity contribution < 1.29 is 4.57 Å². The monoisotopic (exact) mass is 415 g/mol. The number of unbranched alkanes of at least 4 members (excludes halogenated alkanes) is 9. The summed E-state index contributed by atoms with van der Waals surface area (Å²) >= 11 is 0. The summed E-state index contributed by atoms with van der Waals surface area (Å²) in [5.74, 6) is 0. The van der Waals surface area contributed by atoms with E-state index < -0.39 is 0 Å². The molecule has 0 radical (unpaired) electrons. The number of benzene rings is 1. The van der Waals surface area contributed by atoms with Crippen molar-refractivity contribution in [3.63, 3.8) is 0 Å². The van der Waals surface area contributed by atoms with E-state index in [0.29, 0.717) is 0 Å². The zero-order chi connectivity index (χ0) is 21.6. The number of rotatable bonds is 14. The van der Waals surface area contributed by atoms with Gasteiger partial charge in [-0.05, 0) is 24.6 Å². The molecule has 2 nitrogen and oxygen atoms in total. The lowest BCUT2D eigenvalue weighted by Gasteiger charge is -2.10. The van der Waals surface area contributed by atoms with Crippen molar-refractivity contribution in [3.8, 4) is 11.3 Å². The summed E-state index contributed by atoms with van der Waals surface area (Å²) in [6.07, 6.45) is 18.9. The van der Waals surface area contributed by atoms with E-state index in [0.717, 1.165) is 18.7 Å². The van der Waals surface area contributed by atoms with Crippen LogP contribution in [0.5, 0.6) is 0 Å². The second-order valence-corrected chi connectivity index (χ2v) is 8.63. The third kappa shape index (κ3) is 7.94. The van der Waals surface area contributed by atoms with Gasteiger partial charge in [-0.1, -0.05) is 101 Å². The van der Waals surface area contributed by atoms with Crippen LogP contribution in [0, 0.1) is 0 Å². The van der Waals surface area contributed by atoms with Crippen LogP contribution in [0.25, 0.3) is 11.3 Å². The quantitative estimate of drug-likeness (QED) is 0.196. The summed E-state index contributed by atoms with van der Waals surface area (Å²) in [5, 5.41) is 0. The van der Waals surface area contributed by atoms with E-state index in [2.05, 4.69) is 77.3 Å². The zero-order valence-electron chi connectivity index (χ0n) is 19.3. The van der Waals surface area contributed by atoms with Gasteiger partial charge in [-0.15, -0.1) is 0 Å². The van der Waals surface area contributed by atoms with Crippen molar-refractivity contribution in [2.75, 3.05) is 0 Å². The predicted octanol–water partition coefficient (Wildman–Crippen LogP) is 7.55. The van der Waals surface area contributed by atoms with Gasteiger partial charge in [0.15, 0.2) is 18.4 Å². The lowest BCUT2D eigenvalue weighted by Crippen LogP contribution is -2.39. The van der Waals surface area contributed by atoms with Gasteiger partial charge in [0, 0.05) is 24.2 Å². The molecule has 0 amide bonds. The smallest absolute Gasteiger partial charge is 0.191 e. The van der Waals surface area contributed by atoms with Crippen molar-refractivity contribution in [1.29, 1.82) is 0 Å². The Hall–Kier alpha value is -2.48. The highest BCUT2D eigenvalue weighted by molar-refractivity contribution is 5.60. The highest BCUT2D eigenvalue weighted by atomic mass is 15.0. The van der Waals surface area contributed by atoms with Crippen LogP contribution in [-0.2, 0) is 13.0 Å². The molecule has 0 saturated carbocycles. The average Bonchev–Trinajstić information content (AvgIpc) is 2.82. The van der Waals surface area contributed by atoms with Gasteiger partial charge in [-0.2, -0.15) is 4.57 Å². The van der Waals surface area contributed by atoms with Crippen molar-refractivity contribution in [3.05, 3.63) is 84.3 Å². The Kier molecular flexibility index (Phi) is 10.3. The van der Waals surface area contributed by atoms with Crippen molar-refractivity contribution in [2.45, 2.75) is 84.1 Å². The van der Waals surface area contributed by atoms with Crippen LogP contribution in [0.2, 0.25) is 0 Å². The predicted molar refractivity (Wildman–Crippen MR) is 131 cm³/mol. The minimum absolute atomic E-state index is 0.911. The van der Waals surface area contributed by atoms with E-state index in [4.69, 9.17) is 0 Å². The molecular weight excluding hydrogens is 376 g/mol. The fraction of sp³-hybridized carbons (Fsp3) is 0.448. The maximum Gasteiger partial charge on any atom is 0.191 e. The lowest BCUT2D eigenvalue weighted by molar-refractivity contribution is -0.695. The van der Waals surface area contributed by atoms with Crippen LogP contribution < -0.4 is 4.57 Å². The Morgan fingerprint density at radius 2 is 1.35 bits per heavy atom. The number of hydrogen-bond donors (Lipinski definition) is 0. The van der Waals surface area contributed by atoms with Gasteiger partial charge in [-0.3, -0.25) is 4.98 Å². The molecule has 0 spiro atoms. The average molecular weight is 416 g/mol. The van der Waals surface area contributed by atoms with E-state index >= 15 is 0 Å². The van der Waals surface area contributed by atoms with Gasteiger partial charge < -0.3 is 0 Å². The Bertz CT molecular complexity index is 858. The van der Waals surface area contributed by atoms with Crippen LogP contribution in [-0.4, -0.2) is 4.98 Å². The second-order valence-electron chi connectivity index (χ2n) is 8.63. The molecule has 2 heterocycles. The number of hydrogen-bond acceptors (Lipinski definition) is 1. The maximum absolute atomic E-state index is 4.64. The first-order valence-corrected chi connectivity index (χ1v) is 12.3. The summed E-state index contributed by atoms with van der Waals surface area (Å²) in [6, 6.07) is 21.4. The first-order valence-electron chi connectivity index (χ1n) is 12.3. The first kappa shape index (κ1) is 23.2. The summed E-state index contributed by atoms with van der Waals surface area (Å²) < 4.78 is 2.42. The van der Waals surface area contributed by atoms with Crippen molar-refractivity contribution >= 4 is 0 Å². The molecule has 2 aromatic heterocycles. The Morgan fingerprint density at radius 1 is 0.677 bits per heavy atom. The van der Waals surface area contributed by atoms with Crippen molar-refractivity contribution in [1.82, 2.24) is 4.98 Å². The molecule has 1 aromatic carbocycles. The molecule has 0 fully saturated rings. The van der Waals surface area contributed by atoms with Crippen LogP contribution in [0.4, 0.5) is 0 Å². The summed E-state index contributed by atoms with van der Waals surface area (Å²) in [5.41, 5.74) is 5.10. The molecule has 0 atom stereocenters. The fourth-order valence-corrected chi connectivity index (χ4v) is 4.33. The largest absolute Gasteiger partial charge is 0.256 e. The molecule has 0 N–H and O–H groups in total. The lowest BCUT2D eigenvalue weighted by atomic mass is 10.0. The van der Waals surface area contributed by atoms with E-state index in [1.807, 2.05) is 12.3 Å². The Morgan fingerprint density at radius 3 is 2.03 bits per heavy atom. The highest BCUT2D eigenvalue weighted by Crippen LogP contribution is 2.21. The van der Waals surface area contributed by atoms with Crippen LogP contribution >= 0.6 is 0 Å². The molecule has 31 heavy (non-hydrogen) atoms. The third-order valence-corrected chi connectivity index (χ3v) is 6.09. The first-order chi connectivity index (χ1) is 15.4. The maximum atomic E-state index is 4.64. The normalized spacial score (nSPS) is 11.0. The molecule has 0 aliphatic carbocycles. The fourth-order valence-electron chi connectivity index (χ4n) is 4.33. The van der Waals surface area contributed by atoms with Gasteiger partial charge in [0.25, 0.3) is 0 Å².